The molecule has 2 atom stereocenters. The van der Waals surface area contributed by atoms with Gasteiger partial charge in [-0.05, 0) is 36.0 Å². The lowest BCUT2D eigenvalue weighted by atomic mass is 9.80. The van der Waals surface area contributed by atoms with Crippen molar-refractivity contribution >= 4 is 16.9 Å². The molecule has 1 aliphatic rings. The Morgan fingerprint density at radius 1 is 1.18 bits per heavy atom. The number of benzene rings is 2. The number of para-hydroxylation sites is 1. The van der Waals surface area contributed by atoms with Gasteiger partial charge in [-0.15, -0.1) is 0 Å². The first kappa shape index (κ1) is 18.8. The summed E-state index contributed by atoms with van der Waals surface area (Å²) in [5, 5.41) is 10.8. The highest BCUT2D eigenvalue weighted by molar-refractivity contribution is 5.89. The van der Waals surface area contributed by atoms with Crippen LogP contribution in [0.4, 0.5) is 0 Å². The molecule has 1 aliphatic heterocycles. The minimum Gasteiger partial charge on any atom is -0.481 e. The van der Waals surface area contributed by atoms with E-state index >= 15 is 0 Å². The van der Waals surface area contributed by atoms with Gasteiger partial charge in [-0.1, -0.05) is 62.4 Å². The van der Waals surface area contributed by atoms with Crippen LogP contribution in [0.3, 0.4) is 0 Å². The maximum absolute atomic E-state index is 11.7. The topological polar surface area (TPSA) is 62.3 Å². The van der Waals surface area contributed by atoms with E-state index in [2.05, 4.69) is 54.4 Å². The Balaban J connectivity index is 1.90. The van der Waals surface area contributed by atoms with Gasteiger partial charge in [-0.3, -0.25) is 4.79 Å². The molecule has 146 valence electrons. The molecule has 2 N–H and O–H groups in total. The summed E-state index contributed by atoms with van der Waals surface area (Å²) < 4.78 is 6.33. The fourth-order valence-electron chi connectivity index (χ4n) is 4.64. The second kappa shape index (κ2) is 7.44. The van der Waals surface area contributed by atoms with Gasteiger partial charge in [0.2, 0.25) is 0 Å². The first-order valence-electron chi connectivity index (χ1n) is 10.1. The van der Waals surface area contributed by atoms with Gasteiger partial charge >= 0.3 is 5.97 Å². The van der Waals surface area contributed by atoms with E-state index in [1.165, 1.54) is 22.1 Å². The number of hydrogen-bond donors (Lipinski definition) is 2. The lowest BCUT2D eigenvalue weighted by Crippen LogP contribution is -2.39. The number of ether oxygens (including phenoxy) is 1. The predicted molar refractivity (Wildman–Crippen MR) is 111 cm³/mol. The normalized spacial score (nSPS) is 21.6. The van der Waals surface area contributed by atoms with E-state index in [9.17, 15) is 9.90 Å². The molecule has 28 heavy (non-hydrogen) atoms. The molecule has 2 unspecified atom stereocenters. The lowest BCUT2D eigenvalue weighted by Gasteiger charge is -2.39. The first-order chi connectivity index (χ1) is 13.6. The quantitative estimate of drug-likeness (QED) is 0.623. The van der Waals surface area contributed by atoms with E-state index in [0.717, 1.165) is 24.1 Å². The van der Waals surface area contributed by atoms with Crippen LogP contribution in [0.15, 0.2) is 48.5 Å². The van der Waals surface area contributed by atoms with Crippen LogP contribution in [0, 0.1) is 0 Å². The summed E-state index contributed by atoms with van der Waals surface area (Å²) in [6.45, 7) is 4.69. The average molecular weight is 377 g/mol. The van der Waals surface area contributed by atoms with E-state index in [0.29, 0.717) is 13.0 Å². The van der Waals surface area contributed by atoms with E-state index in [1.807, 2.05) is 13.0 Å². The Hall–Kier alpha value is -2.59. The number of aromatic nitrogens is 1. The summed E-state index contributed by atoms with van der Waals surface area (Å²) in [5.41, 5.74) is 5.06. The van der Waals surface area contributed by atoms with Crippen molar-refractivity contribution in [3.63, 3.8) is 0 Å². The van der Waals surface area contributed by atoms with Gasteiger partial charge in [0.05, 0.1) is 18.7 Å². The molecule has 0 aliphatic carbocycles. The molecule has 2 heterocycles. The van der Waals surface area contributed by atoms with E-state index in [4.69, 9.17) is 4.74 Å². The maximum Gasteiger partial charge on any atom is 0.306 e. The first-order valence-corrected chi connectivity index (χ1v) is 10.1. The Morgan fingerprint density at radius 2 is 1.96 bits per heavy atom. The molecule has 0 bridgehead atoms. The van der Waals surface area contributed by atoms with Gasteiger partial charge in [0.15, 0.2) is 0 Å². The molecule has 0 radical (unpaired) electrons. The van der Waals surface area contributed by atoms with Crippen molar-refractivity contribution in [3.05, 3.63) is 70.9 Å². The Kier molecular flexibility index (Phi) is 4.98. The Bertz CT molecular complexity index is 992. The van der Waals surface area contributed by atoms with E-state index < -0.39 is 11.6 Å². The summed E-state index contributed by atoms with van der Waals surface area (Å²) in [6.07, 6.45) is 2.41. The van der Waals surface area contributed by atoms with Crippen LogP contribution in [0.2, 0.25) is 0 Å². The SMILES string of the molecule is CCc1cccc2c3c([nH]c12)C(CC)(CC(=O)O)OCC3Cc1ccccc1. The van der Waals surface area contributed by atoms with Crippen molar-refractivity contribution in [1.29, 1.82) is 0 Å². The van der Waals surface area contributed by atoms with E-state index in [-0.39, 0.29) is 12.3 Å². The van der Waals surface area contributed by atoms with Crippen molar-refractivity contribution in [2.24, 2.45) is 0 Å². The van der Waals surface area contributed by atoms with Crippen molar-refractivity contribution < 1.29 is 14.6 Å². The number of nitrogens with one attached hydrogen (secondary N) is 1. The van der Waals surface area contributed by atoms with Crippen molar-refractivity contribution in [2.75, 3.05) is 6.61 Å². The number of aliphatic carboxylic acids is 1. The van der Waals surface area contributed by atoms with Crippen molar-refractivity contribution in [2.45, 2.75) is 51.0 Å². The molecule has 0 fully saturated rings. The largest absolute Gasteiger partial charge is 0.481 e. The summed E-state index contributed by atoms with van der Waals surface area (Å²) in [7, 11) is 0. The number of hydrogen-bond acceptors (Lipinski definition) is 2. The van der Waals surface area contributed by atoms with E-state index in [1.54, 1.807) is 0 Å². The van der Waals surface area contributed by atoms with Gasteiger partial charge < -0.3 is 14.8 Å². The molecule has 4 heteroatoms. The van der Waals surface area contributed by atoms with Gasteiger partial charge in [0, 0.05) is 16.8 Å². The standard InChI is InChI=1S/C24H27NO3/c1-3-17-11-8-12-19-21-18(13-16-9-6-5-7-10-16)15-28-24(4-2,14-20(26)27)23(21)25-22(17)19/h5-12,18,25H,3-4,13-15H2,1-2H3,(H,26,27). The van der Waals surface area contributed by atoms with Gasteiger partial charge in [0.1, 0.15) is 5.60 Å². The summed E-state index contributed by atoms with van der Waals surface area (Å²) in [6, 6.07) is 16.8. The zero-order chi connectivity index (χ0) is 19.7. The maximum atomic E-state index is 11.7. The summed E-state index contributed by atoms with van der Waals surface area (Å²) >= 11 is 0. The summed E-state index contributed by atoms with van der Waals surface area (Å²) in [4.78, 5) is 15.3. The summed E-state index contributed by atoms with van der Waals surface area (Å²) in [5.74, 6) is -0.629. The lowest BCUT2D eigenvalue weighted by molar-refractivity contribution is -0.149. The second-order valence-corrected chi connectivity index (χ2v) is 7.72. The number of carboxylic acid groups (broad SMARTS) is 1. The third-order valence-electron chi connectivity index (χ3n) is 6.10. The molecule has 0 spiro atoms. The fourth-order valence-corrected chi connectivity index (χ4v) is 4.64. The number of aromatic amines is 1. The molecule has 2 aromatic carbocycles. The minimum atomic E-state index is -0.830. The molecular formula is C24H27NO3. The monoisotopic (exact) mass is 377 g/mol. The molecule has 4 nitrogen and oxygen atoms in total. The van der Waals surface area contributed by atoms with Crippen molar-refractivity contribution in [1.82, 2.24) is 4.98 Å². The highest BCUT2D eigenvalue weighted by Gasteiger charge is 2.44. The Labute approximate surface area is 165 Å². The number of fused-ring (bicyclic) bond motifs is 3. The number of carbonyl (C=O) groups is 1. The third kappa shape index (κ3) is 3.12. The highest BCUT2D eigenvalue weighted by Crippen LogP contribution is 2.47. The average Bonchev–Trinajstić information content (AvgIpc) is 3.11. The number of carboxylic acids is 1. The smallest absolute Gasteiger partial charge is 0.306 e. The molecule has 4 rings (SSSR count). The second-order valence-electron chi connectivity index (χ2n) is 7.72. The van der Waals surface area contributed by atoms with Crippen LogP contribution < -0.4 is 0 Å². The van der Waals surface area contributed by atoms with Crippen LogP contribution in [0.25, 0.3) is 10.9 Å². The molecule has 0 amide bonds. The van der Waals surface area contributed by atoms with Crippen LogP contribution in [-0.2, 0) is 28.0 Å². The zero-order valence-corrected chi connectivity index (χ0v) is 16.5. The molecule has 0 saturated heterocycles. The number of H-pyrrole nitrogens is 1. The van der Waals surface area contributed by atoms with Crippen LogP contribution in [0.5, 0.6) is 0 Å². The van der Waals surface area contributed by atoms with Crippen LogP contribution >= 0.6 is 0 Å². The van der Waals surface area contributed by atoms with Gasteiger partial charge in [-0.25, -0.2) is 0 Å². The minimum absolute atomic E-state index is 0.0250. The highest BCUT2D eigenvalue weighted by atomic mass is 16.5. The molecular weight excluding hydrogens is 350 g/mol. The zero-order valence-electron chi connectivity index (χ0n) is 16.5. The molecule has 0 saturated carbocycles. The van der Waals surface area contributed by atoms with Crippen molar-refractivity contribution in [3.8, 4) is 0 Å². The Morgan fingerprint density at radius 3 is 2.64 bits per heavy atom. The third-order valence-corrected chi connectivity index (χ3v) is 6.10. The molecule has 1 aromatic heterocycles. The number of rotatable bonds is 6. The number of aryl methyl sites for hydroxylation is 1. The molecule has 3 aromatic rings. The van der Waals surface area contributed by atoms with Gasteiger partial charge in [-0.2, -0.15) is 0 Å². The van der Waals surface area contributed by atoms with Crippen LogP contribution in [-0.4, -0.2) is 22.7 Å². The predicted octanol–water partition coefficient (Wildman–Crippen LogP) is 5.17. The fraction of sp³-hybridized carbons (Fsp3) is 0.375. The van der Waals surface area contributed by atoms with Gasteiger partial charge in [0.25, 0.3) is 0 Å². The van der Waals surface area contributed by atoms with Crippen LogP contribution in [0.1, 0.15) is 55.0 Å².